The van der Waals surface area contributed by atoms with Crippen LogP contribution in [0.25, 0.3) is 0 Å². The summed E-state index contributed by atoms with van der Waals surface area (Å²) in [6.07, 6.45) is 0.361. The molecule has 0 saturated carbocycles. The van der Waals surface area contributed by atoms with Gasteiger partial charge in [0.1, 0.15) is 11.5 Å². The van der Waals surface area contributed by atoms with Crippen molar-refractivity contribution in [1.29, 1.82) is 0 Å². The number of aryl methyl sites for hydroxylation is 1. The van der Waals surface area contributed by atoms with Crippen molar-refractivity contribution in [2.45, 2.75) is 12.8 Å². The van der Waals surface area contributed by atoms with Gasteiger partial charge in [-0.2, -0.15) is 0 Å². The summed E-state index contributed by atoms with van der Waals surface area (Å²) in [5, 5.41) is 9.05. The summed E-state index contributed by atoms with van der Waals surface area (Å²) in [7, 11) is 0. The first kappa shape index (κ1) is 12.5. The van der Waals surface area contributed by atoms with Gasteiger partial charge in [-0.3, -0.25) is 4.79 Å². The Morgan fingerprint density at radius 3 is 2.78 bits per heavy atom. The third-order valence-corrected chi connectivity index (χ3v) is 2.58. The maximum Gasteiger partial charge on any atom is 0.303 e. The summed E-state index contributed by atoms with van der Waals surface area (Å²) in [4.78, 5) is 10.4. The molecule has 0 spiro atoms. The molecule has 0 aliphatic heterocycles. The van der Waals surface area contributed by atoms with Crippen LogP contribution < -0.4 is 4.74 Å². The largest absolute Gasteiger partial charge is 0.481 e. The van der Waals surface area contributed by atoms with Crippen LogP contribution in [0.2, 0.25) is 5.02 Å². The number of aliphatic carboxylic acids is 1. The number of ether oxygens (including phenoxy) is 1. The lowest BCUT2D eigenvalue weighted by atomic mass is 10.2. The van der Waals surface area contributed by atoms with Crippen LogP contribution in [0.15, 0.2) is 40.8 Å². The number of carbonyl (C=O) groups is 1. The minimum Gasteiger partial charge on any atom is -0.481 e. The van der Waals surface area contributed by atoms with Crippen molar-refractivity contribution < 1.29 is 19.1 Å². The van der Waals surface area contributed by atoms with Crippen LogP contribution in [0.4, 0.5) is 0 Å². The van der Waals surface area contributed by atoms with Gasteiger partial charge in [0.05, 0.1) is 11.4 Å². The Labute approximate surface area is 109 Å². The molecular weight excluding hydrogens is 256 g/mol. The third kappa shape index (κ3) is 3.28. The SMILES string of the molecule is O=C(O)CCc1ccc(Oc2ccccc2Cl)o1. The first-order chi connectivity index (χ1) is 8.65. The van der Waals surface area contributed by atoms with Crippen molar-refractivity contribution in [2.75, 3.05) is 0 Å². The fourth-order valence-electron chi connectivity index (χ4n) is 1.41. The standard InChI is InChI=1S/C13H11ClO4/c14-10-3-1-2-4-11(10)18-13-8-6-9(17-13)5-7-12(15)16/h1-4,6,8H,5,7H2,(H,15,16). The van der Waals surface area contributed by atoms with E-state index in [2.05, 4.69) is 0 Å². The molecule has 18 heavy (non-hydrogen) atoms. The average molecular weight is 267 g/mol. The minimum absolute atomic E-state index is 0.0268. The van der Waals surface area contributed by atoms with Crippen molar-refractivity contribution in [1.82, 2.24) is 0 Å². The lowest BCUT2D eigenvalue weighted by molar-refractivity contribution is -0.137. The maximum atomic E-state index is 10.4. The molecular formula is C13H11ClO4. The highest BCUT2D eigenvalue weighted by atomic mass is 35.5. The molecule has 94 valence electrons. The monoisotopic (exact) mass is 266 g/mol. The van der Waals surface area contributed by atoms with Gasteiger partial charge in [0.2, 0.25) is 0 Å². The van der Waals surface area contributed by atoms with Gasteiger partial charge in [-0.1, -0.05) is 23.7 Å². The van der Waals surface area contributed by atoms with Gasteiger partial charge in [0.15, 0.2) is 0 Å². The predicted octanol–water partition coefficient (Wildman–Crippen LogP) is 3.74. The summed E-state index contributed by atoms with van der Waals surface area (Å²) in [6, 6.07) is 10.4. The molecule has 0 aliphatic carbocycles. The fourth-order valence-corrected chi connectivity index (χ4v) is 1.59. The van der Waals surface area contributed by atoms with E-state index < -0.39 is 5.97 Å². The van der Waals surface area contributed by atoms with Gasteiger partial charge >= 0.3 is 5.97 Å². The number of halogens is 1. The highest BCUT2D eigenvalue weighted by molar-refractivity contribution is 6.32. The Balaban J connectivity index is 2.02. The average Bonchev–Trinajstić information content (AvgIpc) is 2.77. The van der Waals surface area contributed by atoms with Crippen LogP contribution in [0.3, 0.4) is 0 Å². The Bertz CT molecular complexity index is 547. The van der Waals surface area contributed by atoms with Crippen molar-refractivity contribution in [2.24, 2.45) is 0 Å². The highest BCUT2D eigenvalue weighted by Gasteiger charge is 2.08. The number of furan rings is 1. The van der Waals surface area contributed by atoms with Crippen LogP contribution in [0.1, 0.15) is 12.2 Å². The molecule has 4 nitrogen and oxygen atoms in total. The van der Waals surface area contributed by atoms with E-state index in [4.69, 9.17) is 25.9 Å². The summed E-state index contributed by atoms with van der Waals surface area (Å²) < 4.78 is 10.8. The Morgan fingerprint density at radius 1 is 1.28 bits per heavy atom. The number of para-hydroxylation sites is 1. The molecule has 0 radical (unpaired) electrons. The van der Waals surface area contributed by atoms with Gasteiger partial charge in [0.25, 0.3) is 5.95 Å². The third-order valence-electron chi connectivity index (χ3n) is 2.27. The van der Waals surface area contributed by atoms with E-state index in [0.29, 0.717) is 28.9 Å². The first-order valence-corrected chi connectivity index (χ1v) is 5.76. The molecule has 0 saturated heterocycles. The van der Waals surface area contributed by atoms with Crippen LogP contribution >= 0.6 is 11.6 Å². The number of carboxylic acid groups (broad SMARTS) is 1. The summed E-state index contributed by atoms with van der Waals surface area (Å²) >= 11 is 5.94. The molecule has 2 rings (SSSR count). The molecule has 0 aliphatic rings. The van der Waals surface area contributed by atoms with Crippen LogP contribution in [0.5, 0.6) is 11.7 Å². The highest BCUT2D eigenvalue weighted by Crippen LogP contribution is 2.30. The smallest absolute Gasteiger partial charge is 0.303 e. The number of hydrogen-bond donors (Lipinski definition) is 1. The second-order valence-corrected chi connectivity index (χ2v) is 4.05. The van der Waals surface area contributed by atoms with Crippen molar-refractivity contribution >= 4 is 17.6 Å². The predicted molar refractivity (Wildman–Crippen MR) is 66.2 cm³/mol. The molecule has 0 atom stereocenters. The van der Waals surface area contributed by atoms with Crippen LogP contribution in [-0.2, 0) is 11.2 Å². The van der Waals surface area contributed by atoms with Gasteiger partial charge < -0.3 is 14.3 Å². The molecule has 2 aromatic rings. The van der Waals surface area contributed by atoms with Gasteiger partial charge in [-0.25, -0.2) is 0 Å². The summed E-state index contributed by atoms with van der Waals surface area (Å²) in [5.74, 6) is 0.501. The van der Waals surface area contributed by atoms with Gasteiger partial charge in [0, 0.05) is 12.5 Å². The zero-order valence-electron chi connectivity index (χ0n) is 9.43. The molecule has 5 heteroatoms. The molecule has 1 heterocycles. The van der Waals surface area contributed by atoms with E-state index in [0.717, 1.165) is 0 Å². The first-order valence-electron chi connectivity index (χ1n) is 5.38. The van der Waals surface area contributed by atoms with Crippen molar-refractivity contribution in [3.63, 3.8) is 0 Å². The normalized spacial score (nSPS) is 10.3. The topological polar surface area (TPSA) is 59.7 Å². The molecule has 0 amide bonds. The summed E-state index contributed by atoms with van der Waals surface area (Å²) in [5.41, 5.74) is 0. The minimum atomic E-state index is -0.861. The molecule has 1 aromatic carbocycles. The second-order valence-electron chi connectivity index (χ2n) is 3.65. The van der Waals surface area contributed by atoms with Crippen LogP contribution in [-0.4, -0.2) is 11.1 Å². The van der Waals surface area contributed by atoms with E-state index in [1.807, 2.05) is 0 Å². The lowest BCUT2D eigenvalue weighted by Crippen LogP contribution is -1.96. The zero-order chi connectivity index (χ0) is 13.0. The van der Waals surface area contributed by atoms with Crippen molar-refractivity contribution in [3.8, 4) is 11.7 Å². The van der Waals surface area contributed by atoms with Crippen molar-refractivity contribution in [3.05, 3.63) is 47.2 Å². The molecule has 0 fully saturated rings. The zero-order valence-corrected chi connectivity index (χ0v) is 10.2. The maximum absolute atomic E-state index is 10.4. The fraction of sp³-hybridized carbons (Fsp3) is 0.154. The lowest BCUT2D eigenvalue weighted by Gasteiger charge is -2.03. The van der Waals surface area contributed by atoms with E-state index in [-0.39, 0.29) is 6.42 Å². The quantitative estimate of drug-likeness (QED) is 0.895. The van der Waals surface area contributed by atoms with Gasteiger partial charge in [-0.05, 0) is 18.2 Å². The van der Waals surface area contributed by atoms with E-state index >= 15 is 0 Å². The second kappa shape index (κ2) is 5.60. The molecule has 0 bridgehead atoms. The Morgan fingerprint density at radius 2 is 2.06 bits per heavy atom. The van der Waals surface area contributed by atoms with Gasteiger partial charge in [-0.15, -0.1) is 0 Å². The Kier molecular flexibility index (Phi) is 3.89. The molecule has 0 unspecified atom stereocenters. The number of rotatable bonds is 5. The van der Waals surface area contributed by atoms with E-state index in [9.17, 15) is 4.79 Å². The van der Waals surface area contributed by atoms with E-state index in [1.165, 1.54) is 0 Å². The number of benzene rings is 1. The number of hydrogen-bond acceptors (Lipinski definition) is 3. The summed E-state index contributed by atoms with van der Waals surface area (Å²) in [6.45, 7) is 0. The Hall–Kier alpha value is -1.94. The molecule has 1 aromatic heterocycles. The van der Waals surface area contributed by atoms with Crippen LogP contribution in [0, 0.1) is 0 Å². The van der Waals surface area contributed by atoms with E-state index in [1.54, 1.807) is 36.4 Å². The number of carboxylic acids is 1. The molecule has 1 N–H and O–H groups in total.